The molecule has 0 fully saturated rings. The normalized spacial score (nSPS) is 14.3. The number of ether oxygens (including phenoxy) is 2. The number of aliphatic hydroxyl groups excluding tert-OH is 1. The number of unbranched alkanes of at least 4 members (excludes halogenated alkanes) is 10. The van der Waals surface area contributed by atoms with Crippen molar-refractivity contribution in [3.63, 3.8) is 0 Å². The van der Waals surface area contributed by atoms with E-state index in [-0.39, 0.29) is 25.6 Å². The average Bonchev–Trinajstić information content (AvgIpc) is 3.07. The highest BCUT2D eigenvalue weighted by molar-refractivity contribution is 7.46. The van der Waals surface area contributed by atoms with E-state index in [9.17, 15) is 19.3 Å². The average molecular weight is 727 g/mol. The number of hydrogen-bond donors (Lipinski definition) is 3. The van der Waals surface area contributed by atoms with Crippen LogP contribution in [0.5, 0.6) is 0 Å². The molecule has 0 rings (SSSR count). The second-order valence-electron chi connectivity index (χ2n) is 13.3. The van der Waals surface area contributed by atoms with Gasteiger partial charge in [0.25, 0.3) is 0 Å². The number of phosphoric ester groups is 1. The molecule has 0 spiro atoms. The molecule has 0 aliphatic heterocycles. The van der Waals surface area contributed by atoms with Gasteiger partial charge in [-0.25, -0.2) is 4.57 Å². The van der Waals surface area contributed by atoms with Crippen molar-refractivity contribution in [2.75, 3.05) is 13.2 Å². The molecule has 0 heterocycles. The molecule has 0 aromatic rings. The van der Waals surface area contributed by atoms with E-state index < -0.39 is 32.5 Å². The molecule has 3 N–H and O–H groups in total. The standard InChI is InChI=1S/C40H71O9P/c1-4-29-37(41)31-26-22-18-14-9-7-6-8-10-15-19-23-27-32-39(42)47-34-38(35-48-50(44,45)46)49-40(43)33-28-24-20-16-12-11-13-17-21-25-30-36(3)5-2/h6,8-9,14-15,19,22,26,36-38,41H,4-5,7,10-13,16-18,20-21,23-25,27-35H2,1-3H3,(H2,44,45,46)/b8-6-,14-9-,19-15-,26-22-/t36?,37?,38-/m1/s1. The molecule has 0 saturated heterocycles. The lowest BCUT2D eigenvalue weighted by atomic mass is 9.99. The van der Waals surface area contributed by atoms with Crippen molar-refractivity contribution in [3.05, 3.63) is 48.6 Å². The summed E-state index contributed by atoms with van der Waals surface area (Å²) >= 11 is 0. The van der Waals surface area contributed by atoms with Crippen molar-refractivity contribution < 1.29 is 43.0 Å². The van der Waals surface area contributed by atoms with Crippen molar-refractivity contribution in [2.45, 2.75) is 174 Å². The number of aliphatic hydroxyl groups is 1. The zero-order valence-corrected chi connectivity index (χ0v) is 32.5. The Morgan fingerprint density at radius 2 is 1.18 bits per heavy atom. The Balaban J connectivity index is 4.09. The van der Waals surface area contributed by atoms with Crippen LogP contribution in [0.3, 0.4) is 0 Å². The summed E-state index contributed by atoms with van der Waals surface area (Å²) in [5.41, 5.74) is 0. The van der Waals surface area contributed by atoms with E-state index >= 15 is 0 Å². The molecule has 3 atom stereocenters. The first-order chi connectivity index (χ1) is 24.1. The molecule has 50 heavy (non-hydrogen) atoms. The maximum absolute atomic E-state index is 12.4. The summed E-state index contributed by atoms with van der Waals surface area (Å²) in [6.45, 7) is 5.76. The van der Waals surface area contributed by atoms with E-state index in [2.05, 4.69) is 55.7 Å². The molecule has 10 heteroatoms. The molecule has 290 valence electrons. The number of esters is 2. The summed E-state index contributed by atoms with van der Waals surface area (Å²) in [6.07, 6.45) is 36.1. The molecule has 0 bridgehead atoms. The van der Waals surface area contributed by atoms with Gasteiger partial charge in [0.15, 0.2) is 6.10 Å². The van der Waals surface area contributed by atoms with E-state index in [0.29, 0.717) is 25.7 Å². The van der Waals surface area contributed by atoms with Crippen LogP contribution < -0.4 is 0 Å². The van der Waals surface area contributed by atoms with E-state index in [4.69, 9.17) is 19.3 Å². The minimum atomic E-state index is -4.77. The predicted octanol–water partition coefficient (Wildman–Crippen LogP) is 10.4. The highest BCUT2D eigenvalue weighted by atomic mass is 31.2. The van der Waals surface area contributed by atoms with Crippen LogP contribution in [0.4, 0.5) is 0 Å². The first-order valence-electron chi connectivity index (χ1n) is 19.4. The number of phosphoric acid groups is 1. The van der Waals surface area contributed by atoms with E-state index in [1.165, 1.54) is 51.4 Å². The van der Waals surface area contributed by atoms with Gasteiger partial charge < -0.3 is 24.4 Å². The Morgan fingerprint density at radius 3 is 1.74 bits per heavy atom. The number of carbonyl (C=O) groups is 2. The number of carbonyl (C=O) groups excluding carboxylic acids is 2. The Labute approximate surface area is 304 Å². The number of hydrogen-bond acceptors (Lipinski definition) is 7. The Bertz CT molecular complexity index is 985. The third-order valence-electron chi connectivity index (χ3n) is 8.45. The van der Waals surface area contributed by atoms with Crippen LogP contribution in [0.1, 0.15) is 162 Å². The Kier molecular flexibility index (Phi) is 32.7. The lowest BCUT2D eigenvalue weighted by molar-refractivity contribution is -0.161. The molecule has 0 radical (unpaired) electrons. The van der Waals surface area contributed by atoms with Crippen LogP contribution in [0.15, 0.2) is 48.6 Å². The summed E-state index contributed by atoms with van der Waals surface area (Å²) in [5, 5.41) is 9.69. The molecule has 0 aliphatic carbocycles. The minimum absolute atomic E-state index is 0.176. The van der Waals surface area contributed by atoms with Gasteiger partial charge in [-0.05, 0) is 57.3 Å². The molecular weight excluding hydrogens is 655 g/mol. The third kappa shape index (κ3) is 35.8. The SMILES string of the molecule is CCCC(O)C/C=C\C/C=C\C/C=C\C/C=C\CCCC(=O)OC[C@H](COP(=O)(O)O)OC(=O)CCCCCCCCCCCCC(C)CC. The second-order valence-corrected chi connectivity index (χ2v) is 14.6. The summed E-state index contributed by atoms with van der Waals surface area (Å²) in [6, 6.07) is 0. The quantitative estimate of drug-likeness (QED) is 0.0256. The zero-order valence-electron chi connectivity index (χ0n) is 31.6. The Morgan fingerprint density at radius 1 is 0.660 bits per heavy atom. The second kappa shape index (κ2) is 34.1. The first kappa shape index (κ1) is 48.0. The molecule has 0 amide bonds. The van der Waals surface area contributed by atoms with Crippen molar-refractivity contribution in [1.82, 2.24) is 0 Å². The fraction of sp³-hybridized carbons (Fsp3) is 0.750. The molecule has 2 unspecified atom stereocenters. The molecule has 0 aromatic heterocycles. The largest absolute Gasteiger partial charge is 0.469 e. The van der Waals surface area contributed by atoms with Crippen molar-refractivity contribution in [3.8, 4) is 0 Å². The summed E-state index contributed by atoms with van der Waals surface area (Å²) in [7, 11) is -4.77. The smallest absolute Gasteiger partial charge is 0.462 e. The monoisotopic (exact) mass is 726 g/mol. The van der Waals surface area contributed by atoms with Gasteiger partial charge in [0, 0.05) is 12.8 Å². The molecular formula is C40H71O9P. The highest BCUT2D eigenvalue weighted by Crippen LogP contribution is 2.36. The minimum Gasteiger partial charge on any atom is -0.462 e. The van der Waals surface area contributed by atoms with Gasteiger partial charge in [-0.3, -0.25) is 14.1 Å². The molecule has 0 aromatic carbocycles. The van der Waals surface area contributed by atoms with Crippen LogP contribution >= 0.6 is 7.82 Å². The molecule has 9 nitrogen and oxygen atoms in total. The topological polar surface area (TPSA) is 140 Å². The predicted molar refractivity (Wildman–Crippen MR) is 203 cm³/mol. The molecule has 0 saturated carbocycles. The van der Waals surface area contributed by atoms with Crippen molar-refractivity contribution >= 4 is 19.8 Å². The van der Waals surface area contributed by atoms with Gasteiger partial charge >= 0.3 is 19.8 Å². The van der Waals surface area contributed by atoms with Crippen LogP contribution in [0.25, 0.3) is 0 Å². The fourth-order valence-corrected chi connectivity index (χ4v) is 5.54. The van der Waals surface area contributed by atoms with E-state index in [1.54, 1.807) is 0 Å². The van der Waals surface area contributed by atoms with Gasteiger partial charge in [0.2, 0.25) is 0 Å². The van der Waals surface area contributed by atoms with Gasteiger partial charge in [-0.1, -0.05) is 146 Å². The van der Waals surface area contributed by atoms with Crippen molar-refractivity contribution in [2.24, 2.45) is 5.92 Å². The number of rotatable bonds is 34. The Hall–Kier alpha value is -2.03. The summed E-state index contributed by atoms with van der Waals surface area (Å²) in [4.78, 5) is 42.7. The number of allylic oxidation sites excluding steroid dienone is 7. The van der Waals surface area contributed by atoms with Crippen LogP contribution in [-0.2, 0) is 28.2 Å². The summed E-state index contributed by atoms with van der Waals surface area (Å²) in [5.74, 6) is -0.132. The lowest BCUT2D eigenvalue weighted by Gasteiger charge is -2.18. The van der Waals surface area contributed by atoms with Gasteiger partial charge in [0.05, 0.1) is 12.7 Å². The van der Waals surface area contributed by atoms with Crippen LogP contribution in [0, 0.1) is 5.92 Å². The summed E-state index contributed by atoms with van der Waals surface area (Å²) < 4.78 is 26.3. The van der Waals surface area contributed by atoms with E-state index in [1.807, 2.05) is 18.2 Å². The van der Waals surface area contributed by atoms with Gasteiger partial charge in [0.1, 0.15) is 6.61 Å². The lowest BCUT2D eigenvalue weighted by Crippen LogP contribution is -2.29. The van der Waals surface area contributed by atoms with Gasteiger partial charge in [-0.15, -0.1) is 0 Å². The maximum Gasteiger partial charge on any atom is 0.469 e. The van der Waals surface area contributed by atoms with Gasteiger partial charge in [-0.2, -0.15) is 0 Å². The van der Waals surface area contributed by atoms with Crippen molar-refractivity contribution in [1.29, 1.82) is 0 Å². The van der Waals surface area contributed by atoms with Crippen LogP contribution in [-0.4, -0.2) is 52.3 Å². The zero-order chi connectivity index (χ0) is 37.1. The van der Waals surface area contributed by atoms with Crippen LogP contribution in [0.2, 0.25) is 0 Å². The fourth-order valence-electron chi connectivity index (χ4n) is 5.18. The third-order valence-corrected chi connectivity index (χ3v) is 8.93. The molecule has 0 aliphatic rings. The maximum atomic E-state index is 12.4. The van der Waals surface area contributed by atoms with E-state index in [0.717, 1.165) is 57.3 Å². The highest BCUT2D eigenvalue weighted by Gasteiger charge is 2.22. The first-order valence-corrected chi connectivity index (χ1v) is 20.9.